The van der Waals surface area contributed by atoms with Crippen molar-refractivity contribution in [3.63, 3.8) is 0 Å². The Morgan fingerprint density at radius 2 is 2.05 bits per heavy atom. The van der Waals surface area contributed by atoms with Crippen LogP contribution in [0.5, 0.6) is 0 Å². The van der Waals surface area contributed by atoms with Crippen LogP contribution in [0.4, 0.5) is 0 Å². The fourth-order valence-electron chi connectivity index (χ4n) is 2.42. The summed E-state index contributed by atoms with van der Waals surface area (Å²) in [5.74, 6) is -0.704. The van der Waals surface area contributed by atoms with Crippen molar-refractivity contribution in [1.82, 2.24) is 10.3 Å². The lowest BCUT2D eigenvalue weighted by Gasteiger charge is -2.13. The number of amides is 1. The molecule has 1 atom stereocenters. The smallest absolute Gasteiger partial charge is 0.338 e. The number of aromatic nitrogens is 1. The average molecular weight is 300 g/mol. The number of carbonyl (C=O) groups excluding carboxylic acids is 2. The number of hydrogen-bond acceptors (Lipinski definition) is 3. The summed E-state index contributed by atoms with van der Waals surface area (Å²) < 4.78 is 5.26. The van der Waals surface area contributed by atoms with Gasteiger partial charge in [-0.15, -0.1) is 0 Å². The number of fused-ring (bicyclic) bond motifs is 1. The lowest BCUT2D eigenvalue weighted by atomic mass is 10.1. The standard InChI is InChI=1S/C17H20N2O3/c1-9-10(2)18-15-7-4-12(8-14(9)15)17(21)22-11(3)16(20)19-13-5-6-13/h4,7-8,11,13,18H,5-6H2,1-3H3,(H,19,20). The molecule has 1 heterocycles. The second-order valence-corrected chi connectivity index (χ2v) is 5.97. The third kappa shape index (κ3) is 2.84. The highest BCUT2D eigenvalue weighted by Crippen LogP contribution is 2.23. The number of benzene rings is 1. The van der Waals surface area contributed by atoms with E-state index in [4.69, 9.17) is 4.74 Å². The first-order valence-corrected chi connectivity index (χ1v) is 7.56. The SMILES string of the molecule is Cc1[nH]c2ccc(C(=O)OC(C)C(=O)NC3CC3)cc2c1C. The van der Waals surface area contributed by atoms with Gasteiger partial charge in [-0.25, -0.2) is 4.79 Å². The molecule has 1 aliphatic carbocycles. The highest BCUT2D eigenvalue weighted by Gasteiger charge is 2.27. The maximum absolute atomic E-state index is 12.2. The van der Waals surface area contributed by atoms with E-state index in [1.54, 1.807) is 13.0 Å². The Bertz CT molecular complexity index is 744. The third-order valence-electron chi connectivity index (χ3n) is 4.12. The van der Waals surface area contributed by atoms with Crippen molar-refractivity contribution in [2.45, 2.75) is 45.8 Å². The molecule has 1 fully saturated rings. The summed E-state index contributed by atoms with van der Waals surface area (Å²) in [7, 11) is 0. The van der Waals surface area contributed by atoms with Crippen LogP contribution < -0.4 is 5.32 Å². The predicted molar refractivity (Wildman–Crippen MR) is 83.8 cm³/mol. The molecule has 0 aliphatic heterocycles. The molecule has 116 valence electrons. The molecule has 0 saturated heterocycles. The molecule has 1 aromatic heterocycles. The highest BCUT2D eigenvalue weighted by atomic mass is 16.5. The van der Waals surface area contributed by atoms with E-state index in [9.17, 15) is 9.59 Å². The minimum atomic E-state index is -0.780. The largest absolute Gasteiger partial charge is 0.449 e. The van der Waals surface area contributed by atoms with Crippen LogP contribution in [0.1, 0.15) is 41.4 Å². The first-order chi connectivity index (χ1) is 10.5. The van der Waals surface area contributed by atoms with Gasteiger partial charge < -0.3 is 15.0 Å². The molecule has 1 saturated carbocycles. The van der Waals surface area contributed by atoms with Crippen LogP contribution in [0.25, 0.3) is 10.9 Å². The first-order valence-electron chi connectivity index (χ1n) is 7.56. The molecule has 1 unspecified atom stereocenters. The summed E-state index contributed by atoms with van der Waals surface area (Å²) in [5, 5.41) is 3.83. The Morgan fingerprint density at radius 1 is 1.32 bits per heavy atom. The number of rotatable bonds is 4. The maximum Gasteiger partial charge on any atom is 0.338 e. The van der Waals surface area contributed by atoms with E-state index in [1.807, 2.05) is 26.0 Å². The molecule has 1 aliphatic rings. The summed E-state index contributed by atoms with van der Waals surface area (Å²) in [4.78, 5) is 27.3. The Hall–Kier alpha value is -2.30. The molecule has 0 radical (unpaired) electrons. The van der Waals surface area contributed by atoms with E-state index in [1.165, 1.54) is 0 Å². The van der Waals surface area contributed by atoms with Gasteiger partial charge in [-0.3, -0.25) is 4.79 Å². The number of esters is 1. The number of nitrogens with one attached hydrogen (secondary N) is 2. The zero-order chi connectivity index (χ0) is 15.9. The Morgan fingerprint density at radius 3 is 2.73 bits per heavy atom. The molecular formula is C17H20N2O3. The fourth-order valence-corrected chi connectivity index (χ4v) is 2.42. The van der Waals surface area contributed by atoms with Gasteiger partial charge in [-0.05, 0) is 57.4 Å². The van der Waals surface area contributed by atoms with Crippen LogP contribution in [-0.4, -0.2) is 29.0 Å². The zero-order valence-corrected chi connectivity index (χ0v) is 13.0. The minimum Gasteiger partial charge on any atom is -0.449 e. The van der Waals surface area contributed by atoms with E-state index in [-0.39, 0.29) is 11.9 Å². The second-order valence-electron chi connectivity index (χ2n) is 5.97. The topological polar surface area (TPSA) is 71.2 Å². The fraction of sp³-hybridized carbons (Fsp3) is 0.412. The summed E-state index contributed by atoms with van der Waals surface area (Å²) in [6, 6.07) is 5.64. The predicted octanol–water partition coefficient (Wildman–Crippen LogP) is 2.61. The number of aryl methyl sites for hydroxylation is 2. The number of ether oxygens (including phenoxy) is 1. The van der Waals surface area contributed by atoms with Crippen LogP contribution >= 0.6 is 0 Å². The quantitative estimate of drug-likeness (QED) is 0.853. The Kier molecular flexibility index (Phi) is 3.64. The van der Waals surface area contributed by atoms with Crippen molar-refractivity contribution in [1.29, 1.82) is 0 Å². The lowest BCUT2D eigenvalue weighted by Crippen LogP contribution is -2.37. The van der Waals surface area contributed by atoms with E-state index in [0.29, 0.717) is 5.56 Å². The van der Waals surface area contributed by atoms with Crippen LogP contribution in [0.2, 0.25) is 0 Å². The van der Waals surface area contributed by atoms with Gasteiger partial charge in [0.15, 0.2) is 6.10 Å². The summed E-state index contributed by atoms with van der Waals surface area (Å²) in [6.45, 7) is 5.60. The van der Waals surface area contributed by atoms with Crippen LogP contribution in [0.15, 0.2) is 18.2 Å². The van der Waals surface area contributed by atoms with Gasteiger partial charge in [0.05, 0.1) is 5.56 Å². The van der Waals surface area contributed by atoms with E-state index in [0.717, 1.165) is 35.0 Å². The molecule has 5 nitrogen and oxygen atoms in total. The summed E-state index contributed by atoms with van der Waals surface area (Å²) >= 11 is 0. The van der Waals surface area contributed by atoms with Gasteiger partial charge in [-0.2, -0.15) is 0 Å². The molecule has 1 amide bonds. The van der Waals surface area contributed by atoms with Crippen molar-refractivity contribution in [3.8, 4) is 0 Å². The van der Waals surface area contributed by atoms with Gasteiger partial charge in [0, 0.05) is 22.6 Å². The van der Waals surface area contributed by atoms with Crippen LogP contribution in [0, 0.1) is 13.8 Å². The van der Waals surface area contributed by atoms with E-state index < -0.39 is 12.1 Å². The zero-order valence-electron chi connectivity index (χ0n) is 13.0. The average Bonchev–Trinajstić information content (AvgIpc) is 3.25. The van der Waals surface area contributed by atoms with Gasteiger partial charge in [0.1, 0.15) is 0 Å². The molecule has 2 aromatic rings. The normalized spacial score (nSPS) is 15.6. The van der Waals surface area contributed by atoms with Gasteiger partial charge in [0.25, 0.3) is 5.91 Å². The van der Waals surface area contributed by atoms with Gasteiger partial charge >= 0.3 is 5.97 Å². The number of aromatic amines is 1. The van der Waals surface area contributed by atoms with Gasteiger partial charge in [-0.1, -0.05) is 0 Å². The Balaban J connectivity index is 1.73. The monoisotopic (exact) mass is 300 g/mol. The number of carbonyl (C=O) groups is 2. The van der Waals surface area contributed by atoms with E-state index in [2.05, 4.69) is 10.3 Å². The van der Waals surface area contributed by atoms with Crippen molar-refractivity contribution in [2.24, 2.45) is 0 Å². The van der Waals surface area contributed by atoms with Crippen LogP contribution in [0.3, 0.4) is 0 Å². The molecule has 0 bridgehead atoms. The molecule has 1 aromatic carbocycles. The molecule has 2 N–H and O–H groups in total. The van der Waals surface area contributed by atoms with Crippen molar-refractivity contribution in [2.75, 3.05) is 0 Å². The molecular weight excluding hydrogens is 280 g/mol. The molecule has 3 rings (SSSR count). The molecule has 22 heavy (non-hydrogen) atoms. The third-order valence-corrected chi connectivity index (χ3v) is 4.12. The summed E-state index contributed by atoms with van der Waals surface area (Å²) in [5.41, 5.74) is 3.65. The molecule has 5 heteroatoms. The minimum absolute atomic E-state index is 0.231. The number of H-pyrrole nitrogens is 1. The van der Waals surface area contributed by atoms with E-state index >= 15 is 0 Å². The molecule has 0 spiro atoms. The highest BCUT2D eigenvalue weighted by molar-refractivity contribution is 5.97. The second kappa shape index (κ2) is 5.48. The van der Waals surface area contributed by atoms with Crippen molar-refractivity contribution >= 4 is 22.8 Å². The Labute approximate surface area is 129 Å². The summed E-state index contributed by atoms with van der Waals surface area (Å²) in [6.07, 6.45) is 1.24. The van der Waals surface area contributed by atoms with Crippen LogP contribution in [-0.2, 0) is 9.53 Å². The van der Waals surface area contributed by atoms with Crippen molar-refractivity contribution in [3.05, 3.63) is 35.0 Å². The maximum atomic E-state index is 12.2. The lowest BCUT2D eigenvalue weighted by molar-refractivity contribution is -0.129. The first kappa shape index (κ1) is 14.6. The number of hydrogen-bond donors (Lipinski definition) is 2. The van der Waals surface area contributed by atoms with Gasteiger partial charge in [0.2, 0.25) is 0 Å². The van der Waals surface area contributed by atoms with Crippen molar-refractivity contribution < 1.29 is 14.3 Å².